The van der Waals surface area contributed by atoms with Crippen molar-refractivity contribution in [3.05, 3.63) is 0 Å². The fraction of sp³-hybridized carbons (Fsp3) is 0.952. The van der Waals surface area contributed by atoms with Gasteiger partial charge in [0.1, 0.15) is 0 Å². The number of carbonyl (C=O) groups is 1. The molecule has 1 rings (SSSR count). The van der Waals surface area contributed by atoms with Crippen LogP contribution in [0.4, 0.5) is 0 Å². The first-order valence-corrected chi connectivity index (χ1v) is 11.8. The summed E-state index contributed by atoms with van der Waals surface area (Å²) < 4.78 is 0. The molecule has 1 aliphatic rings. The number of thioether (sulfide) groups is 1. The maximum atomic E-state index is 10.5. The van der Waals surface area contributed by atoms with Crippen LogP contribution in [0.3, 0.4) is 0 Å². The van der Waals surface area contributed by atoms with Gasteiger partial charge < -0.3 is 15.3 Å². The van der Waals surface area contributed by atoms with Crippen LogP contribution in [0.5, 0.6) is 0 Å². The molecule has 0 aliphatic heterocycles. The molecule has 26 heavy (non-hydrogen) atoms. The molecule has 4 atom stereocenters. The third kappa shape index (κ3) is 10.8. The zero-order valence-electron chi connectivity index (χ0n) is 16.6. The standard InChI is InChI=1S/C21H40O4S/c1-2-3-4-5-8-11-17(22)16-26-20-15-14-19(23)18(20)12-9-6-7-10-13-21(24)25/h17-20,22-23H,2-16H2,1H3,(H,24,25). The predicted octanol–water partition coefficient (Wildman–Crippen LogP) is 5.01. The minimum atomic E-state index is -0.711. The van der Waals surface area contributed by atoms with Gasteiger partial charge in [-0.2, -0.15) is 11.8 Å². The molecular formula is C21H40O4S. The molecule has 0 saturated heterocycles. The molecule has 0 aromatic carbocycles. The van der Waals surface area contributed by atoms with E-state index in [9.17, 15) is 15.0 Å². The second-order valence-electron chi connectivity index (χ2n) is 7.88. The van der Waals surface area contributed by atoms with E-state index in [4.69, 9.17) is 5.11 Å². The summed E-state index contributed by atoms with van der Waals surface area (Å²) in [5, 5.41) is 29.6. The van der Waals surface area contributed by atoms with Gasteiger partial charge in [0, 0.05) is 17.4 Å². The van der Waals surface area contributed by atoms with Crippen LogP contribution < -0.4 is 0 Å². The number of aliphatic hydroxyl groups is 2. The summed E-state index contributed by atoms with van der Waals surface area (Å²) in [5.41, 5.74) is 0. The second kappa shape index (κ2) is 14.8. The van der Waals surface area contributed by atoms with Crippen LogP contribution in [0, 0.1) is 5.92 Å². The molecular weight excluding hydrogens is 348 g/mol. The minimum Gasteiger partial charge on any atom is -0.481 e. The van der Waals surface area contributed by atoms with Gasteiger partial charge in [-0.25, -0.2) is 0 Å². The number of rotatable bonds is 16. The Hall–Kier alpha value is -0.260. The molecule has 0 radical (unpaired) electrons. The molecule has 1 saturated carbocycles. The average Bonchev–Trinajstić information content (AvgIpc) is 2.95. The van der Waals surface area contributed by atoms with Crippen LogP contribution in [0.25, 0.3) is 0 Å². The third-order valence-corrected chi connectivity index (χ3v) is 7.13. The van der Waals surface area contributed by atoms with Gasteiger partial charge in [0.15, 0.2) is 0 Å². The summed E-state index contributed by atoms with van der Waals surface area (Å²) in [7, 11) is 0. The zero-order valence-corrected chi connectivity index (χ0v) is 17.4. The summed E-state index contributed by atoms with van der Waals surface area (Å²) in [6.07, 6.45) is 13.7. The van der Waals surface area contributed by atoms with Gasteiger partial charge in [-0.15, -0.1) is 0 Å². The molecule has 0 bridgehead atoms. The van der Waals surface area contributed by atoms with E-state index in [1.54, 1.807) is 0 Å². The van der Waals surface area contributed by atoms with Crippen molar-refractivity contribution in [2.75, 3.05) is 5.75 Å². The van der Waals surface area contributed by atoms with E-state index in [-0.39, 0.29) is 18.6 Å². The van der Waals surface area contributed by atoms with Gasteiger partial charge >= 0.3 is 5.97 Å². The van der Waals surface area contributed by atoms with Gasteiger partial charge in [0.25, 0.3) is 0 Å². The van der Waals surface area contributed by atoms with E-state index in [0.717, 1.165) is 63.5 Å². The van der Waals surface area contributed by atoms with Crippen LogP contribution in [-0.2, 0) is 4.79 Å². The lowest BCUT2D eigenvalue weighted by Gasteiger charge is -2.23. The van der Waals surface area contributed by atoms with Crippen molar-refractivity contribution in [1.82, 2.24) is 0 Å². The quantitative estimate of drug-likeness (QED) is 0.324. The SMILES string of the molecule is CCCCCCCC(O)CSC1CCC(O)C1CCCCCCC(=O)O. The molecule has 3 N–H and O–H groups in total. The van der Waals surface area contributed by atoms with Crippen molar-refractivity contribution in [1.29, 1.82) is 0 Å². The second-order valence-corrected chi connectivity index (χ2v) is 9.16. The van der Waals surface area contributed by atoms with Crippen molar-refractivity contribution >= 4 is 17.7 Å². The number of carboxylic acids is 1. The average molecular weight is 389 g/mol. The fourth-order valence-electron chi connectivity index (χ4n) is 3.91. The fourth-order valence-corrected chi connectivity index (χ4v) is 5.41. The highest BCUT2D eigenvalue weighted by molar-refractivity contribution is 7.99. The molecule has 0 heterocycles. The summed E-state index contributed by atoms with van der Waals surface area (Å²) in [6, 6.07) is 0. The normalized spacial score (nSPS) is 24.0. The van der Waals surface area contributed by atoms with Gasteiger partial charge in [-0.05, 0) is 38.0 Å². The van der Waals surface area contributed by atoms with Crippen LogP contribution in [0.2, 0.25) is 0 Å². The molecule has 4 nitrogen and oxygen atoms in total. The molecule has 0 aromatic rings. The molecule has 1 aliphatic carbocycles. The Morgan fingerprint density at radius 1 is 1.04 bits per heavy atom. The molecule has 0 spiro atoms. The maximum absolute atomic E-state index is 10.5. The van der Waals surface area contributed by atoms with Gasteiger partial charge in [0.05, 0.1) is 12.2 Å². The van der Waals surface area contributed by atoms with E-state index in [1.807, 2.05) is 11.8 Å². The Bertz CT molecular complexity index is 364. The van der Waals surface area contributed by atoms with Crippen LogP contribution in [0.1, 0.15) is 96.8 Å². The van der Waals surface area contributed by atoms with E-state index in [1.165, 1.54) is 25.7 Å². The molecule has 4 unspecified atom stereocenters. The van der Waals surface area contributed by atoms with Crippen LogP contribution in [-0.4, -0.2) is 44.5 Å². The number of aliphatic carboxylic acids is 1. The van der Waals surface area contributed by atoms with E-state index < -0.39 is 5.97 Å². The van der Waals surface area contributed by atoms with Gasteiger partial charge in [-0.3, -0.25) is 4.79 Å². The molecule has 1 fully saturated rings. The van der Waals surface area contributed by atoms with Crippen LogP contribution in [0.15, 0.2) is 0 Å². The molecule has 0 aromatic heterocycles. The number of unbranched alkanes of at least 4 members (excludes halogenated alkanes) is 7. The van der Waals surface area contributed by atoms with Gasteiger partial charge in [-0.1, -0.05) is 58.3 Å². The lowest BCUT2D eigenvalue weighted by atomic mass is 9.97. The molecule has 154 valence electrons. The summed E-state index contributed by atoms with van der Waals surface area (Å²) in [5.74, 6) is 0.424. The number of aliphatic hydroxyl groups excluding tert-OH is 2. The Morgan fingerprint density at radius 3 is 2.46 bits per heavy atom. The van der Waals surface area contributed by atoms with Crippen molar-refractivity contribution in [2.24, 2.45) is 5.92 Å². The first-order valence-electron chi connectivity index (χ1n) is 10.7. The van der Waals surface area contributed by atoms with E-state index in [0.29, 0.717) is 11.2 Å². The minimum absolute atomic E-state index is 0.197. The summed E-state index contributed by atoms with van der Waals surface area (Å²) in [4.78, 5) is 10.5. The zero-order chi connectivity index (χ0) is 19.2. The van der Waals surface area contributed by atoms with Crippen molar-refractivity contribution < 1.29 is 20.1 Å². The Balaban J connectivity index is 2.14. The monoisotopic (exact) mass is 388 g/mol. The number of hydrogen-bond acceptors (Lipinski definition) is 4. The lowest BCUT2D eigenvalue weighted by Crippen LogP contribution is -2.22. The van der Waals surface area contributed by atoms with E-state index >= 15 is 0 Å². The topological polar surface area (TPSA) is 77.8 Å². The van der Waals surface area contributed by atoms with Crippen molar-refractivity contribution in [3.8, 4) is 0 Å². The largest absolute Gasteiger partial charge is 0.481 e. The number of hydrogen-bond donors (Lipinski definition) is 3. The van der Waals surface area contributed by atoms with E-state index in [2.05, 4.69) is 6.92 Å². The highest BCUT2D eigenvalue weighted by atomic mass is 32.2. The predicted molar refractivity (Wildman–Crippen MR) is 110 cm³/mol. The Labute approximate surface area is 164 Å². The summed E-state index contributed by atoms with van der Waals surface area (Å²) in [6.45, 7) is 2.22. The Morgan fingerprint density at radius 2 is 1.73 bits per heavy atom. The van der Waals surface area contributed by atoms with Gasteiger partial charge in [0.2, 0.25) is 0 Å². The summed E-state index contributed by atoms with van der Waals surface area (Å²) >= 11 is 1.86. The molecule has 5 heteroatoms. The first kappa shape index (κ1) is 23.8. The number of carboxylic acid groups (broad SMARTS) is 1. The molecule has 0 amide bonds. The highest BCUT2D eigenvalue weighted by Crippen LogP contribution is 2.39. The van der Waals surface area contributed by atoms with Crippen molar-refractivity contribution in [2.45, 2.75) is 114 Å². The highest BCUT2D eigenvalue weighted by Gasteiger charge is 2.34. The van der Waals surface area contributed by atoms with Crippen LogP contribution >= 0.6 is 11.8 Å². The lowest BCUT2D eigenvalue weighted by molar-refractivity contribution is -0.137. The third-order valence-electron chi connectivity index (χ3n) is 5.54. The van der Waals surface area contributed by atoms with Crippen molar-refractivity contribution in [3.63, 3.8) is 0 Å². The first-order chi connectivity index (χ1) is 12.5. The Kier molecular flexibility index (Phi) is 13.5. The maximum Gasteiger partial charge on any atom is 0.303 e. The smallest absolute Gasteiger partial charge is 0.303 e.